The van der Waals surface area contributed by atoms with Crippen LogP contribution < -0.4 is 0 Å². The summed E-state index contributed by atoms with van der Waals surface area (Å²) in [5, 5.41) is 10.6. The molecule has 0 saturated heterocycles. The predicted molar refractivity (Wildman–Crippen MR) is 414 cm³/mol. The summed E-state index contributed by atoms with van der Waals surface area (Å²) in [5.41, 5.74) is 0. The molecule has 19 heteroatoms. The van der Waals surface area contributed by atoms with E-state index in [2.05, 4.69) is 34.6 Å². The standard InChI is InChI=1S/C82H160O17P2/c1-6-9-12-15-18-21-23-25-26-27-28-29-30-31-36-39-43-48-53-58-63-68-82(87)99-78(72-93-80(85)66-61-56-51-46-42-38-35-33-32-34-37-40-45-49-54-59-64-75(4)5)74-97-101(90,91)95-70-76(83)69-94-100(88,89)96-73-77(71-92-79(84)65-60-55-50-44-20-17-14-11-8-3)98-81(86)67-62-57-52-47-41-24-22-19-16-13-10-7-2/h75-78,83H,6-74H2,1-5H3,(H,88,89)(H,90,91)/t76-,77+,78+/m0/s1. The summed E-state index contributed by atoms with van der Waals surface area (Å²) in [7, 11) is -9.92. The molecule has 17 nitrogen and oxygen atoms in total. The number of carbonyl (C=O) groups is 4. The van der Waals surface area contributed by atoms with E-state index in [0.29, 0.717) is 25.7 Å². The Hall–Kier alpha value is -1.94. The van der Waals surface area contributed by atoms with Crippen molar-refractivity contribution >= 4 is 39.5 Å². The van der Waals surface area contributed by atoms with E-state index in [1.165, 1.54) is 263 Å². The van der Waals surface area contributed by atoms with E-state index < -0.39 is 97.5 Å². The van der Waals surface area contributed by atoms with Crippen molar-refractivity contribution in [3.63, 3.8) is 0 Å². The Morgan fingerprint density at radius 3 is 0.673 bits per heavy atom. The van der Waals surface area contributed by atoms with Crippen LogP contribution in [0.25, 0.3) is 0 Å². The number of unbranched alkanes of at least 4 members (excludes halogenated alkanes) is 54. The second-order valence-corrected chi connectivity index (χ2v) is 32.9. The van der Waals surface area contributed by atoms with Crippen LogP contribution in [0.15, 0.2) is 0 Å². The Balaban J connectivity index is 5.19. The summed E-state index contributed by atoms with van der Waals surface area (Å²) >= 11 is 0. The first-order valence-corrected chi connectivity index (χ1v) is 45.6. The van der Waals surface area contributed by atoms with E-state index in [1.807, 2.05) is 0 Å². The summed E-state index contributed by atoms with van der Waals surface area (Å²) < 4.78 is 68.7. The second kappa shape index (κ2) is 74.9. The van der Waals surface area contributed by atoms with Gasteiger partial charge in [0.15, 0.2) is 12.2 Å². The quantitative estimate of drug-likeness (QED) is 0.0222. The summed E-state index contributed by atoms with van der Waals surface area (Å²) in [4.78, 5) is 73.0. The van der Waals surface area contributed by atoms with Gasteiger partial charge < -0.3 is 33.8 Å². The lowest BCUT2D eigenvalue weighted by Gasteiger charge is -2.21. The molecule has 3 N–H and O–H groups in total. The van der Waals surface area contributed by atoms with E-state index in [1.54, 1.807) is 0 Å². The van der Waals surface area contributed by atoms with Crippen molar-refractivity contribution in [2.45, 2.75) is 457 Å². The fourth-order valence-corrected chi connectivity index (χ4v) is 14.3. The van der Waals surface area contributed by atoms with E-state index in [0.717, 1.165) is 95.8 Å². The van der Waals surface area contributed by atoms with Crippen LogP contribution in [0, 0.1) is 5.92 Å². The second-order valence-electron chi connectivity index (χ2n) is 30.0. The van der Waals surface area contributed by atoms with Gasteiger partial charge in [-0.05, 0) is 31.6 Å². The molecular weight excluding hydrogens is 1320 g/mol. The molecule has 0 aromatic carbocycles. The number of aliphatic hydroxyl groups is 1. The third kappa shape index (κ3) is 76.1. The number of phosphoric acid groups is 2. The van der Waals surface area contributed by atoms with Crippen LogP contribution >= 0.6 is 15.6 Å². The third-order valence-corrected chi connectivity index (χ3v) is 21.2. The molecule has 0 aliphatic carbocycles. The van der Waals surface area contributed by atoms with E-state index in [-0.39, 0.29) is 25.7 Å². The molecule has 0 bridgehead atoms. The highest BCUT2D eigenvalue weighted by molar-refractivity contribution is 7.47. The predicted octanol–water partition coefficient (Wildman–Crippen LogP) is 24.8. The zero-order valence-corrected chi connectivity index (χ0v) is 67.8. The lowest BCUT2D eigenvalue weighted by Crippen LogP contribution is -2.30. The summed E-state index contributed by atoms with van der Waals surface area (Å²) in [6.45, 7) is 7.35. The Morgan fingerprint density at radius 2 is 0.455 bits per heavy atom. The first kappa shape index (κ1) is 99.1. The Kier molecular flexibility index (Phi) is 73.5. The number of hydrogen-bond donors (Lipinski definition) is 3. The molecule has 0 fully saturated rings. The number of carbonyl (C=O) groups excluding carboxylic acids is 4. The van der Waals surface area contributed by atoms with E-state index in [4.69, 9.17) is 37.0 Å². The number of ether oxygens (including phenoxy) is 4. The maximum absolute atomic E-state index is 13.1. The van der Waals surface area contributed by atoms with Gasteiger partial charge in [0.1, 0.15) is 19.3 Å². The van der Waals surface area contributed by atoms with Crippen LogP contribution in [-0.2, 0) is 65.4 Å². The summed E-state index contributed by atoms with van der Waals surface area (Å²) in [5.74, 6) is -1.29. The Bertz CT molecular complexity index is 1930. The fourth-order valence-electron chi connectivity index (χ4n) is 12.8. The minimum Gasteiger partial charge on any atom is -0.462 e. The molecule has 0 spiro atoms. The van der Waals surface area contributed by atoms with Gasteiger partial charge in [-0.2, -0.15) is 0 Å². The summed E-state index contributed by atoms with van der Waals surface area (Å²) in [6.07, 6.45) is 66.7. The van der Waals surface area contributed by atoms with Crippen LogP contribution in [0.1, 0.15) is 439 Å². The molecule has 0 aliphatic rings. The van der Waals surface area contributed by atoms with E-state index in [9.17, 15) is 43.2 Å². The lowest BCUT2D eigenvalue weighted by molar-refractivity contribution is -0.161. The maximum Gasteiger partial charge on any atom is 0.472 e. The monoisotopic (exact) mass is 1480 g/mol. The molecule has 0 saturated carbocycles. The van der Waals surface area contributed by atoms with Gasteiger partial charge in [0.05, 0.1) is 26.4 Å². The van der Waals surface area contributed by atoms with Crippen molar-refractivity contribution in [1.29, 1.82) is 0 Å². The number of phosphoric ester groups is 2. The lowest BCUT2D eigenvalue weighted by atomic mass is 10.0. The first-order chi connectivity index (χ1) is 49.0. The highest BCUT2D eigenvalue weighted by Crippen LogP contribution is 2.45. The zero-order chi connectivity index (χ0) is 74.1. The SMILES string of the molecule is CCCCCCCCCCCCCCCCCCCCCCCC(=O)O[C@H](COC(=O)CCCCCCCCCCCCCCCCCCC(C)C)COP(=O)(O)OC[C@@H](O)COP(=O)(O)OC[C@@H](COC(=O)CCCCCCCCCCC)OC(=O)CCCCCCCCCCCCCC. The van der Waals surface area contributed by atoms with Crippen LogP contribution in [0.5, 0.6) is 0 Å². The van der Waals surface area contributed by atoms with Crippen LogP contribution in [0.3, 0.4) is 0 Å². The van der Waals surface area contributed by atoms with Crippen molar-refractivity contribution in [2.24, 2.45) is 5.92 Å². The zero-order valence-electron chi connectivity index (χ0n) is 66.1. The average molecular weight is 1480 g/mol. The van der Waals surface area contributed by atoms with Crippen molar-refractivity contribution in [3.8, 4) is 0 Å². The average Bonchev–Trinajstić information content (AvgIpc) is 0.972. The maximum atomic E-state index is 13.1. The molecule has 0 heterocycles. The smallest absolute Gasteiger partial charge is 0.462 e. The molecule has 0 aromatic rings. The molecule has 600 valence electrons. The number of aliphatic hydroxyl groups excluding tert-OH is 1. The minimum absolute atomic E-state index is 0.108. The highest BCUT2D eigenvalue weighted by Gasteiger charge is 2.30. The molecular formula is C82H160O17P2. The van der Waals surface area contributed by atoms with Crippen molar-refractivity contribution in [1.82, 2.24) is 0 Å². The van der Waals surface area contributed by atoms with Crippen LogP contribution in [0.2, 0.25) is 0 Å². The van der Waals surface area contributed by atoms with Crippen molar-refractivity contribution in [3.05, 3.63) is 0 Å². The van der Waals surface area contributed by atoms with Gasteiger partial charge in [0, 0.05) is 25.7 Å². The van der Waals surface area contributed by atoms with Crippen molar-refractivity contribution < 1.29 is 80.2 Å². The fraction of sp³-hybridized carbons (Fsp3) is 0.951. The van der Waals surface area contributed by atoms with Gasteiger partial charge >= 0.3 is 39.5 Å². The molecule has 0 aromatic heterocycles. The van der Waals surface area contributed by atoms with Gasteiger partial charge in [-0.1, -0.05) is 388 Å². The van der Waals surface area contributed by atoms with Gasteiger partial charge in [-0.15, -0.1) is 0 Å². The molecule has 0 amide bonds. The third-order valence-electron chi connectivity index (χ3n) is 19.3. The molecule has 5 atom stereocenters. The topological polar surface area (TPSA) is 237 Å². The largest absolute Gasteiger partial charge is 0.472 e. The Morgan fingerprint density at radius 1 is 0.267 bits per heavy atom. The molecule has 0 rings (SSSR count). The highest BCUT2D eigenvalue weighted by atomic mass is 31.2. The Labute approximate surface area is 619 Å². The van der Waals surface area contributed by atoms with Gasteiger partial charge in [0.25, 0.3) is 0 Å². The van der Waals surface area contributed by atoms with Crippen LogP contribution in [-0.4, -0.2) is 96.7 Å². The van der Waals surface area contributed by atoms with E-state index >= 15 is 0 Å². The molecule has 0 aliphatic heterocycles. The number of rotatable bonds is 82. The van der Waals surface area contributed by atoms with Gasteiger partial charge in [0.2, 0.25) is 0 Å². The summed E-state index contributed by atoms with van der Waals surface area (Å²) in [6, 6.07) is 0. The van der Waals surface area contributed by atoms with Gasteiger partial charge in [-0.3, -0.25) is 37.3 Å². The number of esters is 4. The van der Waals surface area contributed by atoms with Gasteiger partial charge in [-0.25, -0.2) is 9.13 Å². The van der Waals surface area contributed by atoms with Crippen molar-refractivity contribution in [2.75, 3.05) is 39.6 Å². The minimum atomic E-state index is -4.96. The normalized spacial score (nSPS) is 13.8. The molecule has 2 unspecified atom stereocenters. The number of hydrogen-bond acceptors (Lipinski definition) is 15. The molecule has 101 heavy (non-hydrogen) atoms. The van der Waals surface area contributed by atoms with Crippen LogP contribution in [0.4, 0.5) is 0 Å². The first-order valence-electron chi connectivity index (χ1n) is 42.6. The molecule has 0 radical (unpaired) electrons.